The van der Waals surface area contributed by atoms with Crippen molar-refractivity contribution in [3.63, 3.8) is 0 Å². The first kappa shape index (κ1) is 22.4. The van der Waals surface area contributed by atoms with Gasteiger partial charge in [0.2, 0.25) is 10.0 Å². The largest absolute Gasteiger partial charge is 0.356 e. The Morgan fingerprint density at radius 2 is 1.70 bits per heavy atom. The summed E-state index contributed by atoms with van der Waals surface area (Å²) in [5.74, 6) is 2.67. The number of rotatable bonds is 7. The van der Waals surface area contributed by atoms with E-state index in [2.05, 4.69) is 38.7 Å². The van der Waals surface area contributed by atoms with Crippen LogP contribution in [0.25, 0.3) is 0 Å². The van der Waals surface area contributed by atoms with Crippen LogP contribution in [0.4, 0.5) is 0 Å². The average molecular weight is 402 g/mol. The summed E-state index contributed by atoms with van der Waals surface area (Å²) in [6.45, 7) is 10.1. The maximum absolute atomic E-state index is 11.1. The minimum Gasteiger partial charge on any atom is -0.356 e. The summed E-state index contributed by atoms with van der Waals surface area (Å²) < 4.78 is 24.7. The summed E-state index contributed by atoms with van der Waals surface area (Å²) in [4.78, 5) is 9.40. The van der Waals surface area contributed by atoms with Crippen LogP contribution in [0.2, 0.25) is 0 Å². The maximum Gasteiger partial charge on any atom is 0.208 e. The first-order valence-electron chi connectivity index (χ1n) is 10.4. The van der Waals surface area contributed by atoms with Crippen LogP contribution in [0.5, 0.6) is 0 Å². The highest BCUT2D eigenvalue weighted by atomic mass is 32.2. The van der Waals surface area contributed by atoms with Gasteiger partial charge < -0.3 is 10.2 Å². The molecular formula is C19H39N5O2S. The van der Waals surface area contributed by atoms with E-state index >= 15 is 0 Å². The zero-order chi connectivity index (χ0) is 19.9. The number of guanidine groups is 1. The summed E-state index contributed by atoms with van der Waals surface area (Å²) in [6, 6.07) is 0.763. The molecule has 1 saturated heterocycles. The van der Waals surface area contributed by atoms with E-state index in [0.717, 1.165) is 56.4 Å². The van der Waals surface area contributed by atoms with Gasteiger partial charge in [-0.05, 0) is 43.9 Å². The fourth-order valence-corrected chi connectivity index (χ4v) is 4.83. The maximum atomic E-state index is 11.1. The van der Waals surface area contributed by atoms with Gasteiger partial charge in [-0.2, -0.15) is 0 Å². The summed E-state index contributed by atoms with van der Waals surface area (Å²) in [5.41, 5.74) is 0. The van der Waals surface area contributed by atoms with Crippen molar-refractivity contribution in [3.05, 3.63) is 0 Å². The lowest BCUT2D eigenvalue weighted by molar-refractivity contribution is 0.0864. The highest BCUT2D eigenvalue weighted by Crippen LogP contribution is 2.32. The van der Waals surface area contributed by atoms with E-state index in [1.54, 1.807) is 0 Å². The lowest BCUT2D eigenvalue weighted by Crippen LogP contribution is -2.55. The normalized spacial score (nSPS) is 25.8. The Hall–Kier alpha value is -0.860. The Bertz CT molecular complexity index is 563. The molecule has 1 aliphatic carbocycles. The minimum atomic E-state index is -3.10. The molecule has 0 aromatic rings. The van der Waals surface area contributed by atoms with Crippen LogP contribution in [-0.2, 0) is 10.0 Å². The molecule has 7 nitrogen and oxygen atoms in total. The van der Waals surface area contributed by atoms with Crippen LogP contribution in [0.3, 0.4) is 0 Å². The van der Waals surface area contributed by atoms with Crippen molar-refractivity contribution in [3.8, 4) is 0 Å². The standard InChI is InChI=1S/C19H39N5O2S/c1-16(2)17-6-8-18(9-7-17)23-12-14-24(15-13-23)19(20-3)21-10-5-11-22-27(4,25)26/h16-18,22H,5-15H2,1-4H3,(H,20,21). The third-order valence-electron chi connectivity index (χ3n) is 6.03. The van der Waals surface area contributed by atoms with Crippen LogP contribution in [0.1, 0.15) is 46.0 Å². The molecule has 2 rings (SSSR count). The van der Waals surface area contributed by atoms with Crippen LogP contribution in [0.15, 0.2) is 4.99 Å². The molecule has 0 bridgehead atoms. The van der Waals surface area contributed by atoms with Gasteiger partial charge in [0.25, 0.3) is 0 Å². The number of nitrogens with zero attached hydrogens (tertiary/aromatic N) is 3. The lowest BCUT2D eigenvalue weighted by Gasteiger charge is -2.43. The Balaban J connectivity index is 1.68. The van der Waals surface area contributed by atoms with Crippen molar-refractivity contribution < 1.29 is 8.42 Å². The van der Waals surface area contributed by atoms with Gasteiger partial charge >= 0.3 is 0 Å². The average Bonchev–Trinajstić information content (AvgIpc) is 2.64. The first-order chi connectivity index (χ1) is 12.8. The van der Waals surface area contributed by atoms with Crippen molar-refractivity contribution in [2.75, 3.05) is 52.6 Å². The molecule has 2 aliphatic rings. The Morgan fingerprint density at radius 1 is 1.07 bits per heavy atom. The van der Waals surface area contributed by atoms with E-state index in [0.29, 0.717) is 13.1 Å². The molecule has 0 spiro atoms. The summed E-state index contributed by atoms with van der Waals surface area (Å²) in [7, 11) is -1.28. The molecule has 1 aliphatic heterocycles. The number of aliphatic imine (C=N–C) groups is 1. The van der Waals surface area contributed by atoms with Crippen molar-refractivity contribution >= 4 is 16.0 Å². The highest BCUT2D eigenvalue weighted by molar-refractivity contribution is 7.88. The Labute approximate surface area is 166 Å². The van der Waals surface area contributed by atoms with Gasteiger partial charge in [0.1, 0.15) is 0 Å². The number of hydrogen-bond acceptors (Lipinski definition) is 4. The smallest absolute Gasteiger partial charge is 0.208 e. The van der Waals surface area contributed by atoms with Crippen molar-refractivity contribution in [1.29, 1.82) is 0 Å². The molecule has 0 radical (unpaired) electrons. The first-order valence-corrected chi connectivity index (χ1v) is 12.3. The molecule has 1 heterocycles. The zero-order valence-electron chi connectivity index (χ0n) is 17.6. The van der Waals surface area contributed by atoms with Crippen molar-refractivity contribution in [1.82, 2.24) is 19.8 Å². The molecule has 0 atom stereocenters. The number of hydrogen-bond donors (Lipinski definition) is 2. The fourth-order valence-electron chi connectivity index (χ4n) is 4.31. The molecule has 0 aromatic carbocycles. The SMILES string of the molecule is CN=C(NCCCNS(C)(=O)=O)N1CCN(C2CCC(C(C)C)CC2)CC1. The monoisotopic (exact) mass is 401 g/mol. The predicted molar refractivity (Wildman–Crippen MR) is 113 cm³/mol. The molecule has 8 heteroatoms. The molecule has 0 unspecified atom stereocenters. The van der Waals surface area contributed by atoms with E-state index < -0.39 is 10.0 Å². The molecule has 158 valence electrons. The van der Waals surface area contributed by atoms with Crippen LogP contribution < -0.4 is 10.0 Å². The third-order valence-corrected chi connectivity index (χ3v) is 6.76. The number of sulfonamides is 1. The van der Waals surface area contributed by atoms with E-state index in [1.807, 2.05) is 7.05 Å². The lowest BCUT2D eigenvalue weighted by atomic mass is 9.79. The second kappa shape index (κ2) is 10.6. The highest BCUT2D eigenvalue weighted by Gasteiger charge is 2.29. The molecular weight excluding hydrogens is 362 g/mol. The van der Waals surface area contributed by atoms with Gasteiger partial charge in [-0.3, -0.25) is 9.89 Å². The van der Waals surface area contributed by atoms with E-state index in [1.165, 1.54) is 31.9 Å². The second-order valence-corrected chi connectivity index (χ2v) is 10.2. The molecule has 2 N–H and O–H groups in total. The minimum absolute atomic E-state index is 0.454. The summed E-state index contributed by atoms with van der Waals surface area (Å²) in [5, 5.41) is 3.36. The Morgan fingerprint density at radius 3 is 2.22 bits per heavy atom. The molecule has 0 amide bonds. The van der Waals surface area contributed by atoms with Crippen LogP contribution in [-0.4, -0.2) is 82.8 Å². The molecule has 2 fully saturated rings. The van der Waals surface area contributed by atoms with Gasteiger partial charge in [-0.25, -0.2) is 13.1 Å². The number of nitrogens with one attached hydrogen (secondary N) is 2. The van der Waals surface area contributed by atoms with E-state index in [9.17, 15) is 8.42 Å². The topological polar surface area (TPSA) is 77.0 Å². The summed E-state index contributed by atoms with van der Waals surface area (Å²) in [6.07, 6.45) is 7.40. The van der Waals surface area contributed by atoms with Gasteiger partial charge in [0.15, 0.2) is 5.96 Å². The van der Waals surface area contributed by atoms with Gasteiger partial charge in [-0.1, -0.05) is 13.8 Å². The predicted octanol–water partition coefficient (Wildman–Crippen LogP) is 1.33. The zero-order valence-corrected chi connectivity index (χ0v) is 18.4. The molecule has 0 aromatic heterocycles. The summed E-state index contributed by atoms with van der Waals surface area (Å²) >= 11 is 0. The van der Waals surface area contributed by atoms with Gasteiger partial charge in [0, 0.05) is 52.4 Å². The molecule has 1 saturated carbocycles. The number of piperazine rings is 1. The quantitative estimate of drug-likeness (QED) is 0.382. The van der Waals surface area contributed by atoms with Crippen LogP contribution in [0, 0.1) is 11.8 Å². The fraction of sp³-hybridized carbons (Fsp3) is 0.947. The Kier molecular flexibility index (Phi) is 8.82. The van der Waals surface area contributed by atoms with E-state index in [4.69, 9.17) is 0 Å². The van der Waals surface area contributed by atoms with Gasteiger partial charge in [-0.15, -0.1) is 0 Å². The third kappa shape index (κ3) is 7.58. The van der Waals surface area contributed by atoms with Crippen molar-refractivity contribution in [2.45, 2.75) is 52.0 Å². The van der Waals surface area contributed by atoms with E-state index in [-0.39, 0.29) is 0 Å². The molecule has 27 heavy (non-hydrogen) atoms. The van der Waals surface area contributed by atoms with Gasteiger partial charge in [0.05, 0.1) is 6.26 Å². The van der Waals surface area contributed by atoms with Crippen molar-refractivity contribution in [2.24, 2.45) is 16.8 Å². The second-order valence-electron chi connectivity index (χ2n) is 8.33. The van der Waals surface area contributed by atoms with Crippen LogP contribution >= 0.6 is 0 Å².